The first-order chi connectivity index (χ1) is 9.27. The summed E-state index contributed by atoms with van der Waals surface area (Å²) in [5.74, 6) is 1.11. The van der Waals surface area contributed by atoms with Crippen molar-refractivity contribution in [2.45, 2.75) is 52.5 Å². The van der Waals surface area contributed by atoms with E-state index in [9.17, 15) is 0 Å². The number of hydrogen-bond acceptors (Lipinski definition) is 2. The molecule has 0 bridgehead atoms. The first-order valence-electron chi connectivity index (χ1n) is 7.51. The number of benzene rings is 1. The van der Waals surface area contributed by atoms with Crippen LogP contribution in [0.15, 0.2) is 28.7 Å². The minimum absolute atomic E-state index is 0.291. The van der Waals surface area contributed by atoms with E-state index in [0.717, 1.165) is 24.3 Å². The number of aryl methyl sites for hydroxylation is 1. The molecule has 0 saturated heterocycles. The fourth-order valence-electron chi connectivity index (χ4n) is 2.62. The number of nitrogens with one attached hydrogen (secondary N) is 1. The molecule has 0 saturated carbocycles. The summed E-state index contributed by atoms with van der Waals surface area (Å²) in [6, 6.07) is 8.63. The van der Waals surface area contributed by atoms with Gasteiger partial charge in [-0.2, -0.15) is 0 Å². The van der Waals surface area contributed by atoms with Crippen molar-refractivity contribution in [3.05, 3.63) is 35.6 Å². The van der Waals surface area contributed by atoms with Crippen molar-refractivity contribution in [3.63, 3.8) is 0 Å². The standard InChI is InChI=1S/C17H25NO/c1-4-6-9-12-18-13(3)17-14(5-2)15-10-7-8-11-16(15)19-17/h7-8,10-11,13,18H,4-6,9,12H2,1-3H3. The van der Waals surface area contributed by atoms with Crippen LogP contribution in [0, 0.1) is 0 Å². The quantitative estimate of drug-likeness (QED) is 0.720. The van der Waals surface area contributed by atoms with Gasteiger partial charge in [-0.3, -0.25) is 0 Å². The predicted molar refractivity (Wildman–Crippen MR) is 81.5 cm³/mol. The smallest absolute Gasteiger partial charge is 0.134 e. The van der Waals surface area contributed by atoms with Crippen LogP contribution in [-0.4, -0.2) is 6.54 Å². The molecule has 1 unspecified atom stereocenters. The van der Waals surface area contributed by atoms with E-state index in [1.807, 2.05) is 6.07 Å². The first-order valence-corrected chi connectivity index (χ1v) is 7.51. The second kappa shape index (κ2) is 6.76. The summed E-state index contributed by atoms with van der Waals surface area (Å²) in [5.41, 5.74) is 2.36. The average Bonchev–Trinajstić information content (AvgIpc) is 2.82. The molecule has 0 spiro atoms. The Morgan fingerprint density at radius 1 is 1.16 bits per heavy atom. The summed E-state index contributed by atoms with van der Waals surface area (Å²) < 4.78 is 6.05. The Morgan fingerprint density at radius 3 is 2.68 bits per heavy atom. The van der Waals surface area contributed by atoms with Gasteiger partial charge in [-0.15, -0.1) is 0 Å². The third-order valence-corrected chi connectivity index (χ3v) is 3.71. The number of furan rings is 1. The lowest BCUT2D eigenvalue weighted by atomic mass is 10.0. The third-order valence-electron chi connectivity index (χ3n) is 3.71. The zero-order chi connectivity index (χ0) is 13.7. The summed E-state index contributed by atoms with van der Waals surface area (Å²) in [6.07, 6.45) is 4.82. The molecule has 1 heterocycles. The zero-order valence-corrected chi connectivity index (χ0v) is 12.3. The number of unbranched alkanes of at least 4 members (excludes halogenated alkanes) is 2. The summed E-state index contributed by atoms with van der Waals surface area (Å²) in [4.78, 5) is 0. The molecule has 0 radical (unpaired) electrons. The second-order valence-corrected chi connectivity index (χ2v) is 5.18. The van der Waals surface area contributed by atoms with E-state index in [1.54, 1.807) is 0 Å². The maximum atomic E-state index is 6.05. The Kier molecular flexibility index (Phi) is 5.03. The number of hydrogen-bond donors (Lipinski definition) is 1. The van der Waals surface area contributed by atoms with Crippen LogP contribution in [0.3, 0.4) is 0 Å². The summed E-state index contributed by atoms with van der Waals surface area (Å²) >= 11 is 0. The van der Waals surface area contributed by atoms with E-state index in [2.05, 4.69) is 44.3 Å². The fraction of sp³-hybridized carbons (Fsp3) is 0.529. The monoisotopic (exact) mass is 259 g/mol. The third kappa shape index (κ3) is 3.19. The Labute approximate surface area is 116 Å². The molecule has 19 heavy (non-hydrogen) atoms. The molecule has 1 N–H and O–H groups in total. The van der Waals surface area contributed by atoms with Crippen LogP contribution < -0.4 is 5.32 Å². The van der Waals surface area contributed by atoms with Gasteiger partial charge in [0.05, 0.1) is 6.04 Å². The van der Waals surface area contributed by atoms with Crippen molar-refractivity contribution in [1.29, 1.82) is 0 Å². The number of para-hydroxylation sites is 1. The molecule has 104 valence electrons. The largest absolute Gasteiger partial charge is 0.459 e. The zero-order valence-electron chi connectivity index (χ0n) is 12.3. The lowest BCUT2D eigenvalue weighted by Crippen LogP contribution is -2.20. The van der Waals surface area contributed by atoms with E-state index >= 15 is 0 Å². The predicted octanol–water partition coefficient (Wildman–Crippen LogP) is 4.84. The molecule has 0 aliphatic rings. The molecule has 1 atom stereocenters. The normalized spacial score (nSPS) is 13.0. The van der Waals surface area contributed by atoms with Gasteiger partial charge in [-0.25, -0.2) is 0 Å². The maximum Gasteiger partial charge on any atom is 0.134 e. The molecule has 0 aliphatic carbocycles. The highest BCUT2D eigenvalue weighted by Crippen LogP contribution is 2.30. The van der Waals surface area contributed by atoms with E-state index in [1.165, 1.54) is 30.2 Å². The lowest BCUT2D eigenvalue weighted by Gasteiger charge is -2.12. The van der Waals surface area contributed by atoms with Gasteiger partial charge < -0.3 is 9.73 Å². The molecule has 1 aromatic carbocycles. The highest BCUT2D eigenvalue weighted by atomic mass is 16.3. The van der Waals surface area contributed by atoms with Crippen molar-refractivity contribution in [2.75, 3.05) is 6.54 Å². The summed E-state index contributed by atoms with van der Waals surface area (Å²) in [6.45, 7) is 7.69. The number of fused-ring (bicyclic) bond motifs is 1. The summed E-state index contributed by atoms with van der Waals surface area (Å²) in [5, 5.41) is 4.84. The van der Waals surface area contributed by atoms with Crippen LogP contribution in [0.25, 0.3) is 11.0 Å². The molecule has 1 aromatic heterocycles. The average molecular weight is 259 g/mol. The minimum atomic E-state index is 0.291. The van der Waals surface area contributed by atoms with Crippen LogP contribution in [0.2, 0.25) is 0 Å². The molecule has 2 heteroatoms. The topological polar surface area (TPSA) is 25.2 Å². The van der Waals surface area contributed by atoms with Crippen molar-refractivity contribution in [1.82, 2.24) is 5.32 Å². The van der Waals surface area contributed by atoms with E-state index in [4.69, 9.17) is 4.42 Å². The van der Waals surface area contributed by atoms with Gasteiger partial charge in [0.1, 0.15) is 11.3 Å². The van der Waals surface area contributed by atoms with Gasteiger partial charge in [0.15, 0.2) is 0 Å². The first kappa shape index (κ1) is 14.1. The highest BCUT2D eigenvalue weighted by molar-refractivity contribution is 5.82. The Hall–Kier alpha value is -1.28. The molecular formula is C17H25NO. The summed E-state index contributed by atoms with van der Waals surface area (Å²) in [7, 11) is 0. The molecule has 0 amide bonds. The van der Waals surface area contributed by atoms with Crippen molar-refractivity contribution in [3.8, 4) is 0 Å². The van der Waals surface area contributed by atoms with Gasteiger partial charge in [0.2, 0.25) is 0 Å². The molecule has 2 nitrogen and oxygen atoms in total. The second-order valence-electron chi connectivity index (χ2n) is 5.18. The molecule has 2 aromatic rings. The molecule has 0 aliphatic heterocycles. The maximum absolute atomic E-state index is 6.05. The Bertz CT molecular complexity index is 515. The Morgan fingerprint density at radius 2 is 1.95 bits per heavy atom. The van der Waals surface area contributed by atoms with Crippen LogP contribution in [0.4, 0.5) is 0 Å². The van der Waals surface area contributed by atoms with E-state index < -0.39 is 0 Å². The van der Waals surface area contributed by atoms with Crippen molar-refractivity contribution < 1.29 is 4.42 Å². The van der Waals surface area contributed by atoms with Gasteiger partial charge >= 0.3 is 0 Å². The van der Waals surface area contributed by atoms with Crippen LogP contribution >= 0.6 is 0 Å². The van der Waals surface area contributed by atoms with Crippen LogP contribution in [0.1, 0.15) is 57.4 Å². The van der Waals surface area contributed by atoms with Gasteiger partial charge in [-0.1, -0.05) is 44.9 Å². The van der Waals surface area contributed by atoms with Crippen LogP contribution in [0.5, 0.6) is 0 Å². The lowest BCUT2D eigenvalue weighted by molar-refractivity contribution is 0.441. The highest BCUT2D eigenvalue weighted by Gasteiger charge is 2.17. The minimum Gasteiger partial charge on any atom is -0.459 e. The van der Waals surface area contributed by atoms with E-state index in [0.29, 0.717) is 6.04 Å². The Balaban J connectivity index is 2.14. The van der Waals surface area contributed by atoms with E-state index in [-0.39, 0.29) is 0 Å². The molecular weight excluding hydrogens is 234 g/mol. The van der Waals surface area contributed by atoms with Crippen LogP contribution in [-0.2, 0) is 6.42 Å². The number of rotatable bonds is 7. The van der Waals surface area contributed by atoms with Gasteiger partial charge in [0.25, 0.3) is 0 Å². The van der Waals surface area contributed by atoms with Gasteiger partial charge in [-0.05, 0) is 32.4 Å². The van der Waals surface area contributed by atoms with Crippen molar-refractivity contribution >= 4 is 11.0 Å². The van der Waals surface area contributed by atoms with Gasteiger partial charge in [0, 0.05) is 10.9 Å². The molecule has 0 fully saturated rings. The SMILES string of the molecule is CCCCCNC(C)c1oc2ccccc2c1CC. The van der Waals surface area contributed by atoms with Crippen molar-refractivity contribution in [2.24, 2.45) is 0 Å². The molecule has 2 rings (SSSR count). The fourth-order valence-corrected chi connectivity index (χ4v) is 2.62.